The van der Waals surface area contributed by atoms with Crippen LogP contribution in [0.3, 0.4) is 0 Å². The molecule has 0 bridgehead atoms. The predicted molar refractivity (Wildman–Crippen MR) is 168 cm³/mol. The van der Waals surface area contributed by atoms with E-state index in [-0.39, 0.29) is 23.9 Å². The minimum Gasteiger partial charge on any atom is -0.351 e. The van der Waals surface area contributed by atoms with E-state index in [0.717, 1.165) is 28.3 Å². The second-order valence-electron chi connectivity index (χ2n) is 10.7. The van der Waals surface area contributed by atoms with Gasteiger partial charge in [0.1, 0.15) is 0 Å². The number of hydrogen-bond donors (Lipinski definition) is 2. The average molecular weight is 572 g/mol. The number of thiocarbonyl (C=S) groups is 1. The number of benzene rings is 2. The summed E-state index contributed by atoms with van der Waals surface area (Å²) in [7, 11) is 0. The van der Waals surface area contributed by atoms with Crippen LogP contribution in [0.15, 0.2) is 66.9 Å². The molecule has 5 rings (SSSR count). The van der Waals surface area contributed by atoms with Gasteiger partial charge < -0.3 is 20.1 Å². The van der Waals surface area contributed by atoms with Crippen molar-refractivity contribution < 1.29 is 4.79 Å². The smallest absolute Gasteiger partial charge is 0.226 e. The first-order chi connectivity index (χ1) is 19.1. The van der Waals surface area contributed by atoms with Gasteiger partial charge in [0.2, 0.25) is 5.91 Å². The Bertz CT molecular complexity index is 1580. The Labute approximate surface area is 246 Å². The van der Waals surface area contributed by atoms with E-state index >= 15 is 0 Å². The Morgan fingerprint density at radius 3 is 2.38 bits per heavy atom. The Balaban J connectivity index is 1.65. The van der Waals surface area contributed by atoms with Crippen LogP contribution in [0.1, 0.15) is 59.7 Å². The number of hydrogen-bond acceptors (Lipinski definition) is 3. The molecule has 2 N–H and O–H groups in total. The number of amides is 1. The maximum Gasteiger partial charge on any atom is 0.226 e. The van der Waals surface area contributed by atoms with Crippen molar-refractivity contribution in [3.63, 3.8) is 0 Å². The first-order valence-corrected chi connectivity index (χ1v) is 14.2. The molecule has 1 amide bonds. The first kappa shape index (κ1) is 27.9. The van der Waals surface area contributed by atoms with E-state index in [2.05, 4.69) is 72.1 Å². The van der Waals surface area contributed by atoms with E-state index in [4.69, 9.17) is 28.8 Å². The Kier molecular flexibility index (Phi) is 7.71. The van der Waals surface area contributed by atoms with Gasteiger partial charge in [-0.2, -0.15) is 0 Å². The van der Waals surface area contributed by atoms with Gasteiger partial charge in [0.15, 0.2) is 5.11 Å². The third kappa shape index (κ3) is 5.00. The van der Waals surface area contributed by atoms with Crippen molar-refractivity contribution in [2.45, 2.75) is 53.6 Å². The number of anilines is 2. The number of pyridine rings is 1. The Morgan fingerprint density at radius 2 is 1.75 bits per heavy atom. The molecule has 2 aromatic carbocycles. The molecule has 206 valence electrons. The standard InChI is InChI=1S/C32H34ClN5OS/c1-18(2)31(39)35-26-14-13-23(17-25(26)33)38-30(28(36-32(38)40)27-12-7-8-15-34-27)24-16-21(5)37(22(24)6)29-19(3)10-9-11-20(29)4/h7-18,28,30H,1-6H3,(H,35,39)(H,36,40)/t28-,30+/m1/s1. The first-order valence-electron chi connectivity index (χ1n) is 13.4. The summed E-state index contributed by atoms with van der Waals surface area (Å²) in [4.78, 5) is 19.1. The lowest BCUT2D eigenvalue weighted by molar-refractivity contribution is -0.118. The lowest BCUT2D eigenvalue weighted by atomic mass is 9.96. The molecule has 40 heavy (non-hydrogen) atoms. The minimum absolute atomic E-state index is 0.0833. The van der Waals surface area contributed by atoms with E-state index < -0.39 is 0 Å². The summed E-state index contributed by atoms with van der Waals surface area (Å²) in [6.07, 6.45) is 1.81. The van der Waals surface area contributed by atoms with Crippen LogP contribution < -0.4 is 15.5 Å². The normalized spacial score (nSPS) is 16.9. The highest BCUT2D eigenvalue weighted by Crippen LogP contribution is 2.45. The van der Waals surface area contributed by atoms with E-state index in [1.54, 1.807) is 0 Å². The van der Waals surface area contributed by atoms with E-state index in [9.17, 15) is 4.79 Å². The summed E-state index contributed by atoms with van der Waals surface area (Å²) in [6, 6.07) is 19.9. The second-order valence-corrected chi connectivity index (χ2v) is 11.5. The number of aryl methyl sites for hydroxylation is 3. The van der Waals surface area contributed by atoms with Gasteiger partial charge in [-0.25, -0.2) is 0 Å². The van der Waals surface area contributed by atoms with Crippen molar-refractivity contribution in [3.05, 3.63) is 106 Å². The van der Waals surface area contributed by atoms with Gasteiger partial charge in [-0.05, 0) is 93.0 Å². The molecular weight excluding hydrogens is 538 g/mol. The third-order valence-electron chi connectivity index (χ3n) is 7.56. The molecule has 0 radical (unpaired) electrons. The summed E-state index contributed by atoms with van der Waals surface area (Å²) in [5.41, 5.74) is 9.40. The molecule has 2 atom stereocenters. The number of para-hydroxylation sites is 1. The highest BCUT2D eigenvalue weighted by Gasteiger charge is 2.42. The lowest BCUT2D eigenvalue weighted by Gasteiger charge is -2.29. The summed E-state index contributed by atoms with van der Waals surface area (Å²) < 4.78 is 2.34. The maximum absolute atomic E-state index is 12.3. The number of nitrogens with zero attached hydrogens (tertiary/aromatic N) is 3. The number of nitrogens with one attached hydrogen (secondary N) is 2. The fraction of sp³-hybridized carbons (Fsp3) is 0.281. The van der Waals surface area contributed by atoms with Gasteiger partial charge in [-0.3, -0.25) is 9.78 Å². The van der Waals surface area contributed by atoms with Crippen LogP contribution >= 0.6 is 23.8 Å². The number of halogens is 1. The summed E-state index contributed by atoms with van der Waals surface area (Å²) in [5, 5.41) is 7.50. The lowest BCUT2D eigenvalue weighted by Crippen LogP contribution is -2.29. The topological polar surface area (TPSA) is 62.2 Å². The van der Waals surface area contributed by atoms with E-state index in [1.165, 1.54) is 16.8 Å². The second kappa shape index (κ2) is 11.1. The van der Waals surface area contributed by atoms with E-state index in [1.807, 2.05) is 56.4 Å². The Morgan fingerprint density at radius 1 is 1.02 bits per heavy atom. The van der Waals surface area contributed by atoms with Crippen LogP contribution in [0.2, 0.25) is 5.02 Å². The van der Waals surface area contributed by atoms with E-state index in [0.29, 0.717) is 15.8 Å². The van der Waals surface area contributed by atoms with Gasteiger partial charge in [-0.1, -0.05) is 49.7 Å². The fourth-order valence-corrected chi connectivity index (χ4v) is 6.14. The SMILES string of the molecule is Cc1cccc(C)c1-n1c(C)cc([C@H]2[C@@H](c3ccccn3)NC(=S)N2c2ccc(NC(=O)C(C)C)c(Cl)c2)c1C. The minimum atomic E-state index is -0.182. The van der Waals surface area contributed by atoms with Gasteiger partial charge >= 0.3 is 0 Å². The van der Waals surface area contributed by atoms with Crippen LogP contribution in [0, 0.1) is 33.6 Å². The number of rotatable bonds is 6. The molecule has 0 aliphatic carbocycles. The highest BCUT2D eigenvalue weighted by atomic mass is 35.5. The molecule has 1 aliphatic heterocycles. The third-order valence-corrected chi connectivity index (χ3v) is 8.19. The van der Waals surface area contributed by atoms with Crippen molar-refractivity contribution in [2.75, 3.05) is 10.2 Å². The zero-order valence-corrected chi connectivity index (χ0v) is 25.2. The van der Waals surface area contributed by atoms with Crippen molar-refractivity contribution in [2.24, 2.45) is 5.92 Å². The van der Waals surface area contributed by atoms with Crippen LogP contribution in [-0.2, 0) is 4.79 Å². The van der Waals surface area contributed by atoms with Crippen molar-refractivity contribution in [3.8, 4) is 5.69 Å². The summed E-state index contributed by atoms with van der Waals surface area (Å²) >= 11 is 12.6. The quantitative estimate of drug-likeness (QED) is 0.234. The summed E-state index contributed by atoms with van der Waals surface area (Å²) in [6.45, 7) is 12.3. The van der Waals surface area contributed by atoms with Crippen molar-refractivity contribution >= 4 is 46.2 Å². The molecule has 3 heterocycles. The van der Waals surface area contributed by atoms with Gasteiger partial charge in [-0.15, -0.1) is 0 Å². The van der Waals surface area contributed by atoms with Gasteiger partial charge in [0.25, 0.3) is 0 Å². The molecular formula is C32H34ClN5OS. The van der Waals surface area contributed by atoms with Crippen LogP contribution in [0.4, 0.5) is 11.4 Å². The van der Waals surface area contributed by atoms with Crippen LogP contribution in [0.5, 0.6) is 0 Å². The monoisotopic (exact) mass is 571 g/mol. The average Bonchev–Trinajstić information content (AvgIpc) is 3.41. The highest BCUT2D eigenvalue weighted by molar-refractivity contribution is 7.80. The molecule has 0 saturated carbocycles. The van der Waals surface area contributed by atoms with Gasteiger partial charge in [0.05, 0.1) is 34.2 Å². The molecule has 0 unspecified atom stereocenters. The molecule has 8 heteroatoms. The number of carbonyl (C=O) groups is 1. The molecule has 1 aliphatic rings. The van der Waals surface area contributed by atoms with Crippen LogP contribution in [-0.4, -0.2) is 20.6 Å². The Hall–Kier alpha value is -3.68. The fourth-order valence-electron chi connectivity index (χ4n) is 5.57. The van der Waals surface area contributed by atoms with Gasteiger partial charge in [0, 0.05) is 29.2 Å². The number of aromatic nitrogens is 2. The molecule has 1 saturated heterocycles. The molecule has 4 aromatic rings. The molecule has 6 nitrogen and oxygen atoms in total. The summed E-state index contributed by atoms with van der Waals surface area (Å²) in [5.74, 6) is -0.234. The largest absolute Gasteiger partial charge is 0.351 e. The predicted octanol–water partition coefficient (Wildman–Crippen LogP) is 7.53. The van der Waals surface area contributed by atoms with Crippen LogP contribution in [0.25, 0.3) is 5.69 Å². The zero-order chi connectivity index (χ0) is 28.7. The number of carbonyl (C=O) groups excluding carboxylic acids is 1. The maximum atomic E-state index is 12.3. The van der Waals surface area contributed by atoms with Crippen molar-refractivity contribution in [1.82, 2.24) is 14.9 Å². The molecule has 1 fully saturated rings. The molecule has 2 aromatic heterocycles. The zero-order valence-electron chi connectivity index (χ0n) is 23.6. The molecule has 0 spiro atoms. The van der Waals surface area contributed by atoms with Crippen molar-refractivity contribution in [1.29, 1.82) is 0 Å².